The van der Waals surface area contributed by atoms with Crippen LogP contribution in [0.4, 0.5) is 0 Å². The lowest BCUT2D eigenvalue weighted by Crippen LogP contribution is -2.41. The van der Waals surface area contributed by atoms with Crippen LogP contribution in [0.15, 0.2) is 41.3 Å². The summed E-state index contributed by atoms with van der Waals surface area (Å²) in [5.41, 5.74) is 1.31. The predicted molar refractivity (Wildman–Crippen MR) is 137 cm³/mol. The highest BCUT2D eigenvalue weighted by Crippen LogP contribution is 2.27. The van der Waals surface area contributed by atoms with E-state index >= 15 is 0 Å². The van der Waals surface area contributed by atoms with Crippen LogP contribution in [-0.4, -0.2) is 43.5 Å². The Morgan fingerprint density at radius 3 is 2.51 bits per heavy atom. The maximum atomic E-state index is 13.3. The fourth-order valence-electron chi connectivity index (χ4n) is 3.83. The van der Waals surface area contributed by atoms with Crippen molar-refractivity contribution in [2.45, 2.75) is 70.4 Å². The van der Waals surface area contributed by atoms with Crippen LogP contribution in [0.3, 0.4) is 0 Å². The Labute approximate surface area is 213 Å². The highest BCUT2D eigenvalue weighted by Gasteiger charge is 2.31. The van der Waals surface area contributed by atoms with Crippen LogP contribution in [0.5, 0.6) is 5.75 Å². The molecule has 0 amide bonds. The van der Waals surface area contributed by atoms with E-state index in [2.05, 4.69) is 11.8 Å². The molecule has 0 saturated carbocycles. The Hall–Kier alpha value is -2.53. The first-order valence-corrected chi connectivity index (χ1v) is 13.5. The Bertz CT molecular complexity index is 1250. The van der Waals surface area contributed by atoms with Crippen molar-refractivity contribution < 1.29 is 22.7 Å². The van der Waals surface area contributed by atoms with E-state index in [1.807, 2.05) is 13.8 Å². The average molecular weight is 518 g/mol. The van der Waals surface area contributed by atoms with Crippen LogP contribution in [0, 0.1) is 18.8 Å². The summed E-state index contributed by atoms with van der Waals surface area (Å²) in [6, 6.07) is 9.92. The zero-order valence-electron chi connectivity index (χ0n) is 20.9. The molecule has 0 aliphatic carbocycles. The van der Waals surface area contributed by atoms with E-state index in [1.165, 1.54) is 0 Å². The van der Waals surface area contributed by atoms with Crippen molar-refractivity contribution in [2.75, 3.05) is 13.2 Å². The minimum atomic E-state index is -3.61. The van der Waals surface area contributed by atoms with Gasteiger partial charge < -0.3 is 9.47 Å². The van der Waals surface area contributed by atoms with Crippen LogP contribution in [0.25, 0.3) is 0 Å². The Morgan fingerprint density at radius 1 is 1.11 bits per heavy atom. The highest BCUT2D eigenvalue weighted by atomic mass is 35.5. The number of sulfonamides is 1. The summed E-state index contributed by atoms with van der Waals surface area (Å²) in [4.78, 5) is 12.3. The molecular weight excluding hydrogens is 486 g/mol. The van der Waals surface area contributed by atoms with Gasteiger partial charge in [-0.3, -0.25) is 0 Å². The van der Waals surface area contributed by atoms with Crippen molar-refractivity contribution in [3.63, 3.8) is 0 Å². The lowest BCUT2D eigenvalue weighted by Gasteiger charge is -2.32. The monoisotopic (exact) mass is 517 g/mol. The van der Waals surface area contributed by atoms with Crippen LogP contribution < -0.4 is 4.74 Å². The zero-order valence-corrected chi connectivity index (χ0v) is 22.4. The number of piperidine rings is 1. The normalized spacial score (nSPS) is 16.8. The average Bonchev–Trinajstić information content (AvgIpc) is 2.76. The molecule has 0 bridgehead atoms. The van der Waals surface area contributed by atoms with Gasteiger partial charge in [0.1, 0.15) is 11.4 Å². The van der Waals surface area contributed by atoms with E-state index in [1.54, 1.807) is 61.5 Å². The maximum Gasteiger partial charge on any atom is 0.344 e. The second-order valence-corrected chi connectivity index (χ2v) is 12.0. The summed E-state index contributed by atoms with van der Waals surface area (Å²) >= 11 is 6.16. The smallest absolute Gasteiger partial charge is 0.344 e. The molecule has 35 heavy (non-hydrogen) atoms. The number of halogens is 1. The molecule has 0 N–H and O–H groups in total. The van der Waals surface area contributed by atoms with E-state index in [0.717, 1.165) is 24.8 Å². The first-order chi connectivity index (χ1) is 16.4. The van der Waals surface area contributed by atoms with Gasteiger partial charge in [0.25, 0.3) is 0 Å². The number of hydrogen-bond donors (Lipinski definition) is 0. The lowest BCUT2D eigenvalue weighted by atomic mass is 10.1. The summed E-state index contributed by atoms with van der Waals surface area (Å²) in [6.07, 6.45) is 2.76. The molecule has 3 rings (SSSR count). The van der Waals surface area contributed by atoms with Crippen LogP contribution in [-0.2, 0) is 19.6 Å². The van der Waals surface area contributed by atoms with Crippen molar-refractivity contribution >= 4 is 27.6 Å². The van der Waals surface area contributed by atoms with Crippen molar-refractivity contribution in [2.24, 2.45) is 0 Å². The van der Waals surface area contributed by atoms with Gasteiger partial charge in [-0.1, -0.05) is 35.9 Å². The van der Waals surface area contributed by atoms with Gasteiger partial charge in [-0.25, -0.2) is 13.2 Å². The highest BCUT2D eigenvalue weighted by molar-refractivity contribution is 7.89. The number of rotatable bonds is 5. The minimum Gasteiger partial charge on any atom is -0.481 e. The number of carbonyl (C=O) groups is 1. The Balaban J connectivity index is 1.88. The quantitative estimate of drug-likeness (QED) is 0.396. The number of ether oxygens (including phenoxy) is 2. The van der Waals surface area contributed by atoms with Crippen LogP contribution >= 0.6 is 11.6 Å². The molecule has 1 unspecified atom stereocenters. The third-order valence-corrected chi connectivity index (χ3v) is 7.84. The van der Waals surface area contributed by atoms with Crippen molar-refractivity contribution in [3.05, 3.63) is 58.1 Å². The van der Waals surface area contributed by atoms with Crippen molar-refractivity contribution in [1.82, 2.24) is 4.31 Å². The van der Waals surface area contributed by atoms with Crippen molar-refractivity contribution in [3.8, 4) is 17.6 Å². The Kier molecular flexibility index (Phi) is 8.53. The molecule has 2 aromatic carbocycles. The van der Waals surface area contributed by atoms with Gasteiger partial charge >= 0.3 is 5.97 Å². The second-order valence-electron chi connectivity index (χ2n) is 9.70. The summed E-state index contributed by atoms with van der Waals surface area (Å²) in [5.74, 6) is 5.98. The third kappa shape index (κ3) is 7.23. The van der Waals surface area contributed by atoms with Gasteiger partial charge in [-0.15, -0.1) is 0 Å². The van der Waals surface area contributed by atoms with Gasteiger partial charge in [0.05, 0.1) is 10.5 Å². The van der Waals surface area contributed by atoms with Gasteiger partial charge in [-0.2, -0.15) is 4.31 Å². The molecule has 0 aromatic heterocycles. The zero-order chi connectivity index (χ0) is 25.8. The summed E-state index contributed by atoms with van der Waals surface area (Å²) < 4.78 is 39.1. The van der Waals surface area contributed by atoms with E-state index in [9.17, 15) is 13.2 Å². The van der Waals surface area contributed by atoms with E-state index in [-0.39, 0.29) is 17.5 Å². The molecule has 188 valence electrons. The van der Waals surface area contributed by atoms with Gasteiger partial charge in [0.2, 0.25) is 10.0 Å². The second kappa shape index (κ2) is 11.0. The molecule has 8 heteroatoms. The van der Waals surface area contributed by atoms with Gasteiger partial charge in [-0.05, 0) is 83.4 Å². The predicted octanol–water partition coefficient (Wildman–Crippen LogP) is 5.33. The number of aryl methyl sites for hydroxylation is 1. The van der Waals surface area contributed by atoms with E-state index < -0.39 is 21.6 Å². The summed E-state index contributed by atoms with van der Waals surface area (Å²) in [5, 5.41) is 0.464. The van der Waals surface area contributed by atoms with Gasteiger partial charge in [0.15, 0.2) is 6.61 Å². The van der Waals surface area contributed by atoms with Crippen LogP contribution in [0.2, 0.25) is 5.02 Å². The summed E-state index contributed by atoms with van der Waals surface area (Å²) in [7, 11) is -3.61. The van der Waals surface area contributed by atoms with E-state index in [4.69, 9.17) is 21.1 Å². The largest absolute Gasteiger partial charge is 0.481 e. The third-order valence-electron chi connectivity index (χ3n) is 5.60. The maximum absolute atomic E-state index is 13.3. The molecule has 1 saturated heterocycles. The number of nitrogens with zero attached hydrogens (tertiary/aromatic N) is 1. The molecule has 1 heterocycles. The fourth-order valence-corrected chi connectivity index (χ4v) is 5.73. The molecule has 0 spiro atoms. The SMILES string of the molecule is Cc1ccc(S(=O)(=O)N2CCCCC2C)cc1C#Cc1cc(Cl)ccc1OCC(=O)OC(C)(C)C. The molecule has 2 aromatic rings. The van der Waals surface area contributed by atoms with E-state index in [0.29, 0.717) is 28.4 Å². The molecule has 1 fully saturated rings. The first-order valence-electron chi connectivity index (χ1n) is 11.7. The topological polar surface area (TPSA) is 72.9 Å². The molecule has 0 radical (unpaired) electrons. The Morgan fingerprint density at radius 2 is 1.83 bits per heavy atom. The van der Waals surface area contributed by atoms with Crippen LogP contribution in [0.1, 0.15) is 63.6 Å². The number of esters is 1. The molecule has 1 aliphatic rings. The molecule has 1 atom stereocenters. The standard InChI is InChI=1S/C27H32ClNO5S/c1-19-9-13-24(35(31,32)29-15-7-6-8-20(29)2)17-21(19)10-11-22-16-23(28)12-14-25(22)33-18-26(30)34-27(3,4)5/h9,12-14,16-17,20H,6-8,15,18H2,1-5H3. The van der Waals surface area contributed by atoms with Crippen molar-refractivity contribution in [1.29, 1.82) is 0 Å². The fraction of sp³-hybridized carbons (Fsp3) is 0.444. The lowest BCUT2D eigenvalue weighted by molar-refractivity contribution is -0.157. The van der Waals surface area contributed by atoms with Gasteiger partial charge in [0, 0.05) is 23.2 Å². The number of hydrogen-bond acceptors (Lipinski definition) is 5. The minimum absolute atomic E-state index is 0.0271. The first kappa shape index (κ1) is 27.1. The number of carbonyl (C=O) groups excluding carboxylic acids is 1. The molecule has 6 nitrogen and oxygen atoms in total. The summed E-state index contributed by atoms with van der Waals surface area (Å²) in [6.45, 7) is 9.44. The molecular formula is C27H32ClNO5S. The molecule has 1 aliphatic heterocycles. The number of benzene rings is 2.